The second kappa shape index (κ2) is 11.2. The zero-order chi connectivity index (χ0) is 24.9. The van der Waals surface area contributed by atoms with Crippen LogP contribution >= 0.6 is 23.2 Å². The fraction of sp³-hybridized carbons (Fsp3) is 0.364. The van der Waals surface area contributed by atoms with Gasteiger partial charge in [0.1, 0.15) is 18.4 Å². The molecule has 0 aliphatic rings. The molecule has 1 atom stereocenters. The Bertz CT molecular complexity index is 1110. The van der Waals surface area contributed by atoms with Crippen molar-refractivity contribution in [1.29, 1.82) is 0 Å². The number of benzene rings is 2. The number of nitrogens with zero attached hydrogens (tertiary/aromatic N) is 2. The van der Waals surface area contributed by atoms with Crippen LogP contribution < -0.4 is 9.62 Å². The lowest BCUT2D eigenvalue weighted by Gasteiger charge is -2.32. The normalized spacial score (nSPS) is 12.4. The fourth-order valence-electron chi connectivity index (χ4n) is 3.09. The Hall–Kier alpha value is -2.36. The van der Waals surface area contributed by atoms with E-state index in [1.165, 1.54) is 24.0 Å². The molecule has 0 aromatic heterocycles. The molecule has 0 saturated heterocycles. The third kappa shape index (κ3) is 7.31. The zero-order valence-corrected chi connectivity index (χ0v) is 21.0. The van der Waals surface area contributed by atoms with Gasteiger partial charge in [-0.05, 0) is 51.1 Å². The van der Waals surface area contributed by atoms with Crippen LogP contribution in [0.4, 0.5) is 10.1 Å². The molecular weight excluding hydrogens is 492 g/mol. The minimum atomic E-state index is -3.95. The summed E-state index contributed by atoms with van der Waals surface area (Å²) >= 11 is 12.5. The molecule has 2 rings (SSSR count). The van der Waals surface area contributed by atoms with Gasteiger partial charge in [-0.25, -0.2) is 12.8 Å². The van der Waals surface area contributed by atoms with Crippen LogP contribution in [0.15, 0.2) is 42.5 Å². The second-order valence-corrected chi connectivity index (χ2v) is 10.5. The molecule has 1 N–H and O–H groups in total. The van der Waals surface area contributed by atoms with Crippen LogP contribution in [0.25, 0.3) is 0 Å². The van der Waals surface area contributed by atoms with Gasteiger partial charge in [-0.1, -0.05) is 35.3 Å². The van der Waals surface area contributed by atoms with Crippen molar-refractivity contribution in [2.24, 2.45) is 0 Å². The highest BCUT2D eigenvalue weighted by Gasteiger charge is 2.31. The first-order valence-electron chi connectivity index (χ1n) is 10.1. The van der Waals surface area contributed by atoms with E-state index in [2.05, 4.69) is 5.32 Å². The van der Waals surface area contributed by atoms with Gasteiger partial charge in [0, 0.05) is 28.2 Å². The van der Waals surface area contributed by atoms with Gasteiger partial charge >= 0.3 is 0 Å². The third-order valence-electron chi connectivity index (χ3n) is 4.76. The van der Waals surface area contributed by atoms with E-state index >= 15 is 0 Å². The van der Waals surface area contributed by atoms with Crippen LogP contribution in [0.2, 0.25) is 10.0 Å². The summed E-state index contributed by atoms with van der Waals surface area (Å²) in [5.74, 6) is -1.77. The van der Waals surface area contributed by atoms with Crippen LogP contribution in [-0.2, 0) is 26.2 Å². The van der Waals surface area contributed by atoms with Gasteiger partial charge in [0.25, 0.3) is 0 Å². The number of hydrogen-bond donors (Lipinski definition) is 1. The standard InChI is InChI=1S/C22H26Cl2FN3O4S/c1-14(2)26-22(30)15(3)27(12-18-19(23)9-6-10-20(18)24)21(29)13-28(33(4,31)32)17-8-5-7-16(25)11-17/h5-11,14-15H,12-13H2,1-4H3,(H,26,30). The molecule has 7 nitrogen and oxygen atoms in total. The van der Waals surface area contributed by atoms with E-state index in [4.69, 9.17) is 23.2 Å². The van der Waals surface area contributed by atoms with E-state index in [9.17, 15) is 22.4 Å². The molecule has 2 amide bonds. The minimum Gasteiger partial charge on any atom is -0.352 e. The molecule has 0 aliphatic heterocycles. The predicted octanol–water partition coefficient (Wildman–Crippen LogP) is 3.84. The molecule has 2 aromatic rings. The molecule has 2 aromatic carbocycles. The summed E-state index contributed by atoms with van der Waals surface area (Å²) in [7, 11) is -3.95. The Labute approximate surface area is 203 Å². The van der Waals surface area contributed by atoms with E-state index in [0.29, 0.717) is 15.6 Å². The summed E-state index contributed by atoms with van der Waals surface area (Å²) in [6.45, 7) is 4.29. The average molecular weight is 518 g/mol. The van der Waals surface area contributed by atoms with Crippen molar-refractivity contribution in [3.8, 4) is 0 Å². The molecule has 0 fully saturated rings. The number of nitrogens with one attached hydrogen (secondary N) is 1. The number of carbonyl (C=O) groups excluding carboxylic acids is 2. The number of halogens is 3. The maximum absolute atomic E-state index is 13.7. The van der Waals surface area contributed by atoms with Crippen LogP contribution in [0, 0.1) is 5.82 Å². The van der Waals surface area contributed by atoms with Crippen molar-refractivity contribution in [3.63, 3.8) is 0 Å². The summed E-state index contributed by atoms with van der Waals surface area (Å²) < 4.78 is 39.4. The molecule has 11 heteroatoms. The monoisotopic (exact) mass is 517 g/mol. The molecule has 0 spiro atoms. The zero-order valence-electron chi connectivity index (χ0n) is 18.7. The summed E-state index contributed by atoms with van der Waals surface area (Å²) in [5, 5.41) is 3.32. The van der Waals surface area contributed by atoms with Crippen LogP contribution in [0.1, 0.15) is 26.3 Å². The van der Waals surface area contributed by atoms with Crippen molar-refractivity contribution >= 4 is 50.7 Å². The van der Waals surface area contributed by atoms with Crippen molar-refractivity contribution < 1.29 is 22.4 Å². The van der Waals surface area contributed by atoms with Crippen LogP contribution in [0.5, 0.6) is 0 Å². The Morgan fingerprint density at radius 2 is 1.64 bits per heavy atom. The third-order valence-corrected chi connectivity index (χ3v) is 6.61. The lowest BCUT2D eigenvalue weighted by molar-refractivity contribution is -0.139. The number of carbonyl (C=O) groups is 2. The molecule has 0 heterocycles. The highest BCUT2D eigenvalue weighted by atomic mass is 35.5. The minimum absolute atomic E-state index is 0.0131. The van der Waals surface area contributed by atoms with Crippen LogP contribution in [0.3, 0.4) is 0 Å². The van der Waals surface area contributed by atoms with Crippen molar-refractivity contribution in [2.45, 2.75) is 39.4 Å². The Kier molecular flexibility index (Phi) is 9.11. The van der Waals surface area contributed by atoms with Crippen molar-refractivity contribution in [2.75, 3.05) is 17.1 Å². The van der Waals surface area contributed by atoms with Gasteiger partial charge < -0.3 is 10.2 Å². The second-order valence-electron chi connectivity index (χ2n) is 7.81. The van der Waals surface area contributed by atoms with E-state index in [1.807, 2.05) is 0 Å². The highest BCUT2D eigenvalue weighted by molar-refractivity contribution is 7.92. The smallest absolute Gasteiger partial charge is 0.244 e. The van der Waals surface area contributed by atoms with E-state index in [1.54, 1.807) is 32.0 Å². The molecule has 180 valence electrons. The topological polar surface area (TPSA) is 86.8 Å². The van der Waals surface area contributed by atoms with Gasteiger partial charge in [-0.3, -0.25) is 13.9 Å². The van der Waals surface area contributed by atoms with E-state index < -0.39 is 40.2 Å². The predicted molar refractivity (Wildman–Crippen MR) is 128 cm³/mol. The van der Waals surface area contributed by atoms with Gasteiger partial charge in [0.2, 0.25) is 21.8 Å². The molecular formula is C22H26Cl2FN3O4S. The molecule has 0 aliphatic carbocycles. The van der Waals surface area contributed by atoms with Gasteiger partial charge in [-0.2, -0.15) is 0 Å². The molecule has 0 bridgehead atoms. The Morgan fingerprint density at radius 3 is 2.15 bits per heavy atom. The first-order chi connectivity index (χ1) is 15.3. The number of anilines is 1. The van der Waals surface area contributed by atoms with Gasteiger partial charge in [0.15, 0.2) is 0 Å². The first-order valence-corrected chi connectivity index (χ1v) is 12.7. The lowest BCUT2D eigenvalue weighted by Crippen LogP contribution is -2.52. The molecule has 1 unspecified atom stereocenters. The quantitative estimate of drug-likeness (QED) is 0.547. The number of sulfonamides is 1. The molecule has 0 radical (unpaired) electrons. The van der Waals surface area contributed by atoms with Crippen molar-refractivity contribution in [3.05, 3.63) is 63.9 Å². The fourth-order valence-corrected chi connectivity index (χ4v) is 4.44. The van der Waals surface area contributed by atoms with E-state index in [-0.39, 0.29) is 18.3 Å². The first kappa shape index (κ1) is 26.9. The summed E-state index contributed by atoms with van der Waals surface area (Å²) in [5.41, 5.74) is 0.399. The maximum Gasteiger partial charge on any atom is 0.244 e. The van der Waals surface area contributed by atoms with Crippen molar-refractivity contribution in [1.82, 2.24) is 10.2 Å². The lowest BCUT2D eigenvalue weighted by atomic mass is 10.1. The Morgan fingerprint density at radius 1 is 1.06 bits per heavy atom. The van der Waals surface area contributed by atoms with E-state index in [0.717, 1.165) is 22.7 Å². The molecule has 0 saturated carbocycles. The molecule has 33 heavy (non-hydrogen) atoms. The number of rotatable bonds is 9. The SMILES string of the molecule is CC(C)NC(=O)C(C)N(Cc1c(Cl)cccc1Cl)C(=O)CN(c1cccc(F)c1)S(C)(=O)=O. The average Bonchev–Trinajstić information content (AvgIpc) is 2.69. The van der Waals surface area contributed by atoms with Gasteiger partial charge in [-0.15, -0.1) is 0 Å². The maximum atomic E-state index is 13.7. The summed E-state index contributed by atoms with van der Waals surface area (Å²) in [6.07, 6.45) is 0.912. The van der Waals surface area contributed by atoms with Gasteiger partial charge in [0.05, 0.1) is 11.9 Å². The Balaban J connectivity index is 2.45. The summed E-state index contributed by atoms with van der Waals surface area (Å²) in [6, 6.07) is 8.58. The highest BCUT2D eigenvalue weighted by Crippen LogP contribution is 2.27. The summed E-state index contributed by atoms with van der Waals surface area (Å²) in [4.78, 5) is 27.3. The largest absolute Gasteiger partial charge is 0.352 e. The van der Waals surface area contributed by atoms with Crippen LogP contribution in [-0.4, -0.2) is 50.0 Å². The number of hydrogen-bond acceptors (Lipinski definition) is 4. The number of amides is 2.